The molecule has 0 saturated carbocycles. The van der Waals surface area contributed by atoms with Gasteiger partial charge in [0.05, 0.1) is 5.25 Å². The molecule has 1 amide bonds. The van der Waals surface area contributed by atoms with Gasteiger partial charge in [-0.2, -0.15) is 0 Å². The van der Waals surface area contributed by atoms with E-state index in [1.54, 1.807) is 11.8 Å². The first kappa shape index (κ1) is 17.5. The maximum atomic E-state index is 12.1. The van der Waals surface area contributed by atoms with Crippen LogP contribution in [0.4, 0.5) is 0 Å². The first-order valence-electron chi connectivity index (χ1n) is 6.89. The molecule has 0 aromatic heterocycles. The number of amides is 1. The molecule has 5 heteroatoms. The monoisotopic (exact) mass is 358 g/mol. The molecule has 0 fully saturated rings. The van der Waals surface area contributed by atoms with Crippen molar-refractivity contribution in [2.24, 2.45) is 5.73 Å². The molecule has 0 aliphatic heterocycles. The molecule has 0 aliphatic carbocycles. The van der Waals surface area contributed by atoms with Crippen LogP contribution in [0.2, 0.25) is 0 Å². The summed E-state index contributed by atoms with van der Waals surface area (Å²) >= 11 is 4.95. The predicted molar refractivity (Wildman–Crippen MR) is 90.0 cm³/mol. The molecule has 0 spiro atoms. The van der Waals surface area contributed by atoms with Gasteiger partial charge >= 0.3 is 0 Å². The molecule has 112 valence electrons. The van der Waals surface area contributed by atoms with E-state index in [1.165, 1.54) is 0 Å². The minimum absolute atomic E-state index is 0.0367. The predicted octanol–water partition coefficient (Wildman–Crippen LogP) is 3.56. The summed E-state index contributed by atoms with van der Waals surface area (Å²) < 4.78 is 1.04. The van der Waals surface area contributed by atoms with Crippen LogP contribution >= 0.6 is 27.7 Å². The first-order chi connectivity index (χ1) is 9.40. The fourth-order valence-corrected chi connectivity index (χ4v) is 2.83. The number of benzene rings is 1. The second-order valence-corrected chi connectivity index (χ2v) is 7.33. The molecule has 0 bridgehead atoms. The molecule has 1 aromatic carbocycles. The van der Waals surface area contributed by atoms with Crippen molar-refractivity contribution in [1.82, 2.24) is 5.32 Å². The lowest BCUT2D eigenvalue weighted by atomic mass is 9.94. The summed E-state index contributed by atoms with van der Waals surface area (Å²) in [5.41, 5.74) is 5.89. The van der Waals surface area contributed by atoms with E-state index in [9.17, 15) is 4.79 Å². The Balaban J connectivity index is 2.49. The normalized spacial score (nSPS) is 13.1. The van der Waals surface area contributed by atoms with Crippen LogP contribution in [0.15, 0.2) is 33.6 Å². The van der Waals surface area contributed by atoms with Crippen molar-refractivity contribution in [2.45, 2.75) is 49.3 Å². The van der Waals surface area contributed by atoms with Crippen molar-refractivity contribution in [3.05, 3.63) is 28.7 Å². The summed E-state index contributed by atoms with van der Waals surface area (Å²) in [7, 11) is 0. The van der Waals surface area contributed by atoms with Gasteiger partial charge in [0.2, 0.25) is 5.91 Å². The average molecular weight is 359 g/mol. The number of hydrogen-bond donors (Lipinski definition) is 2. The van der Waals surface area contributed by atoms with Crippen LogP contribution in [-0.4, -0.2) is 23.2 Å². The lowest BCUT2D eigenvalue weighted by Crippen LogP contribution is -2.50. The van der Waals surface area contributed by atoms with Crippen molar-refractivity contribution in [3.63, 3.8) is 0 Å². The molecular formula is C15H23BrN2OS. The van der Waals surface area contributed by atoms with Crippen LogP contribution < -0.4 is 11.1 Å². The van der Waals surface area contributed by atoms with Crippen molar-refractivity contribution in [2.75, 3.05) is 6.54 Å². The zero-order valence-corrected chi connectivity index (χ0v) is 14.7. The highest BCUT2D eigenvalue weighted by molar-refractivity contribution is 9.10. The Bertz CT molecular complexity index is 432. The lowest BCUT2D eigenvalue weighted by molar-refractivity contribution is -0.120. The number of hydrogen-bond acceptors (Lipinski definition) is 3. The maximum absolute atomic E-state index is 12.1. The summed E-state index contributed by atoms with van der Waals surface area (Å²) in [6.07, 6.45) is 1.72. The van der Waals surface area contributed by atoms with Gasteiger partial charge in [-0.3, -0.25) is 4.79 Å². The van der Waals surface area contributed by atoms with Crippen LogP contribution in [0, 0.1) is 0 Å². The highest BCUT2D eigenvalue weighted by Gasteiger charge is 2.22. The number of nitrogens with one attached hydrogen (secondary N) is 1. The Hall–Kier alpha value is -0.520. The molecule has 3 N–H and O–H groups in total. The van der Waals surface area contributed by atoms with Gasteiger partial charge in [-0.15, -0.1) is 11.8 Å². The van der Waals surface area contributed by atoms with Gasteiger partial charge in [0.15, 0.2) is 0 Å². The van der Waals surface area contributed by atoms with Gasteiger partial charge < -0.3 is 11.1 Å². The maximum Gasteiger partial charge on any atom is 0.233 e. The SMILES string of the molecule is CCC(N)(CC)CNC(=O)C(C)Sc1ccc(Br)cc1. The van der Waals surface area contributed by atoms with Crippen LogP contribution in [0.5, 0.6) is 0 Å². The van der Waals surface area contributed by atoms with E-state index >= 15 is 0 Å². The number of nitrogens with two attached hydrogens (primary N) is 1. The van der Waals surface area contributed by atoms with E-state index in [0.717, 1.165) is 22.2 Å². The Kier molecular flexibility index (Phi) is 7.06. The van der Waals surface area contributed by atoms with Crippen molar-refractivity contribution >= 4 is 33.6 Å². The zero-order chi connectivity index (χ0) is 15.2. The molecule has 1 rings (SSSR count). The number of thioether (sulfide) groups is 1. The van der Waals surface area contributed by atoms with Gasteiger partial charge in [-0.05, 0) is 44.0 Å². The highest BCUT2D eigenvalue weighted by Crippen LogP contribution is 2.25. The molecule has 1 atom stereocenters. The summed E-state index contributed by atoms with van der Waals surface area (Å²) in [5.74, 6) is 0.0367. The lowest BCUT2D eigenvalue weighted by Gasteiger charge is -2.27. The third kappa shape index (κ3) is 5.46. The van der Waals surface area contributed by atoms with Crippen molar-refractivity contribution in [1.29, 1.82) is 0 Å². The van der Waals surface area contributed by atoms with E-state index in [0.29, 0.717) is 6.54 Å². The Morgan fingerprint density at radius 3 is 2.40 bits per heavy atom. The van der Waals surface area contributed by atoms with Gasteiger partial charge in [0.25, 0.3) is 0 Å². The molecule has 0 aliphatic rings. The topological polar surface area (TPSA) is 55.1 Å². The molecule has 1 aromatic rings. The second-order valence-electron chi connectivity index (χ2n) is 5.00. The minimum Gasteiger partial charge on any atom is -0.353 e. The first-order valence-corrected chi connectivity index (χ1v) is 8.56. The average Bonchev–Trinajstić information content (AvgIpc) is 2.46. The molecule has 0 radical (unpaired) electrons. The summed E-state index contributed by atoms with van der Waals surface area (Å²) in [5, 5.41) is 2.83. The van der Waals surface area contributed by atoms with Crippen LogP contribution in [-0.2, 0) is 4.79 Å². The van der Waals surface area contributed by atoms with E-state index < -0.39 is 0 Å². The third-order valence-corrected chi connectivity index (χ3v) is 5.16. The Morgan fingerprint density at radius 1 is 1.35 bits per heavy atom. The van der Waals surface area contributed by atoms with E-state index in [4.69, 9.17) is 5.73 Å². The smallest absolute Gasteiger partial charge is 0.233 e. The number of halogens is 1. The van der Waals surface area contributed by atoms with Crippen LogP contribution in [0.25, 0.3) is 0 Å². The van der Waals surface area contributed by atoms with E-state index in [1.807, 2.05) is 31.2 Å². The molecule has 1 unspecified atom stereocenters. The standard InChI is InChI=1S/C15H23BrN2OS/c1-4-15(17,5-2)10-18-14(19)11(3)20-13-8-6-12(16)7-9-13/h6-9,11H,4-5,10,17H2,1-3H3,(H,18,19). The van der Waals surface area contributed by atoms with E-state index in [-0.39, 0.29) is 16.7 Å². The number of carbonyl (C=O) groups is 1. The third-order valence-electron chi connectivity index (χ3n) is 3.52. The van der Waals surface area contributed by atoms with Crippen LogP contribution in [0.1, 0.15) is 33.6 Å². The van der Waals surface area contributed by atoms with Crippen molar-refractivity contribution < 1.29 is 4.79 Å². The quantitative estimate of drug-likeness (QED) is 0.732. The van der Waals surface area contributed by atoms with Gasteiger partial charge in [-0.1, -0.05) is 29.8 Å². The molecule has 3 nitrogen and oxygen atoms in total. The Labute approximate surface area is 134 Å². The number of carbonyl (C=O) groups excluding carboxylic acids is 1. The zero-order valence-electron chi connectivity index (χ0n) is 12.3. The summed E-state index contributed by atoms with van der Waals surface area (Å²) in [6, 6.07) is 7.96. The van der Waals surface area contributed by atoms with Gasteiger partial charge in [0.1, 0.15) is 0 Å². The van der Waals surface area contributed by atoms with Gasteiger partial charge in [-0.25, -0.2) is 0 Å². The molecule has 0 heterocycles. The summed E-state index contributed by atoms with van der Waals surface area (Å²) in [4.78, 5) is 13.2. The highest BCUT2D eigenvalue weighted by atomic mass is 79.9. The largest absolute Gasteiger partial charge is 0.353 e. The fourth-order valence-electron chi connectivity index (χ4n) is 1.68. The summed E-state index contributed by atoms with van der Waals surface area (Å²) in [6.45, 7) is 6.55. The number of rotatable bonds is 7. The van der Waals surface area contributed by atoms with Crippen molar-refractivity contribution in [3.8, 4) is 0 Å². The minimum atomic E-state index is -0.294. The van der Waals surface area contributed by atoms with Gasteiger partial charge in [0, 0.05) is 21.5 Å². The Morgan fingerprint density at radius 2 is 1.90 bits per heavy atom. The van der Waals surface area contributed by atoms with E-state index in [2.05, 4.69) is 35.1 Å². The molecular weight excluding hydrogens is 336 g/mol. The van der Waals surface area contributed by atoms with Crippen LogP contribution in [0.3, 0.4) is 0 Å². The molecule has 20 heavy (non-hydrogen) atoms. The molecule has 0 saturated heterocycles. The second kappa shape index (κ2) is 8.05. The fraction of sp³-hybridized carbons (Fsp3) is 0.533.